The number of aromatic nitrogens is 3. The number of aliphatic hydroxyl groups excluding tert-OH is 1. The second-order valence-corrected chi connectivity index (χ2v) is 6.39. The third-order valence-electron chi connectivity index (χ3n) is 4.80. The predicted molar refractivity (Wildman–Crippen MR) is 91.4 cm³/mol. The molecule has 6 heteroatoms. The van der Waals surface area contributed by atoms with E-state index >= 15 is 0 Å². The summed E-state index contributed by atoms with van der Waals surface area (Å²) in [6.45, 7) is 3.10. The van der Waals surface area contributed by atoms with Crippen molar-refractivity contribution in [2.45, 2.75) is 45.2 Å². The molecule has 1 heterocycles. The fraction of sp³-hybridized carbons (Fsp3) is 0.500. The minimum atomic E-state index is -0.0362. The summed E-state index contributed by atoms with van der Waals surface area (Å²) in [6, 6.07) is 7.70. The number of hydrogen-bond donors (Lipinski definition) is 2. The molecule has 1 aliphatic rings. The molecule has 1 aliphatic carbocycles. The van der Waals surface area contributed by atoms with Gasteiger partial charge < -0.3 is 15.0 Å². The lowest BCUT2D eigenvalue weighted by Crippen LogP contribution is -2.38. The van der Waals surface area contributed by atoms with Crippen molar-refractivity contribution in [2.24, 2.45) is 5.92 Å². The summed E-state index contributed by atoms with van der Waals surface area (Å²) >= 11 is 0. The molecule has 0 unspecified atom stereocenters. The molecule has 3 rings (SSSR count). The molecule has 0 atom stereocenters. The third-order valence-corrected chi connectivity index (χ3v) is 4.80. The first-order chi connectivity index (χ1) is 11.7. The Morgan fingerprint density at radius 1 is 1.25 bits per heavy atom. The monoisotopic (exact) mass is 328 g/mol. The van der Waals surface area contributed by atoms with Gasteiger partial charge in [-0.25, -0.2) is 0 Å². The van der Waals surface area contributed by atoms with Gasteiger partial charge in [0.2, 0.25) is 0 Å². The van der Waals surface area contributed by atoms with Gasteiger partial charge in [0.25, 0.3) is 5.91 Å². The van der Waals surface area contributed by atoms with Crippen LogP contribution in [0.15, 0.2) is 30.6 Å². The molecule has 24 heavy (non-hydrogen) atoms. The van der Waals surface area contributed by atoms with Crippen LogP contribution in [-0.4, -0.2) is 38.4 Å². The Hall–Kier alpha value is -2.21. The third kappa shape index (κ3) is 3.64. The number of nitrogens with one attached hydrogen (secondary N) is 1. The Kier molecular flexibility index (Phi) is 5.25. The molecule has 0 spiro atoms. The van der Waals surface area contributed by atoms with Crippen LogP contribution in [0.5, 0.6) is 0 Å². The molecule has 2 aromatic rings. The fourth-order valence-corrected chi connectivity index (χ4v) is 3.24. The van der Waals surface area contributed by atoms with E-state index in [-0.39, 0.29) is 18.6 Å². The van der Waals surface area contributed by atoms with Gasteiger partial charge >= 0.3 is 0 Å². The number of aryl methyl sites for hydroxylation is 1. The lowest BCUT2D eigenvalue weighted by Gasteiger charge is -2.27. The molecule has 6 nitrogen and oxygen atoms in total. The average molecular weight is 328 g/mol. The summed E-state index contributed by atoms with van der Waals surface area (Å²) in [5.74, 6) is 1.17. The number of carbonyl (C=O) groups is 1. The van der Waals surface area contributed by atoms with Gasteiger partial charge in [-0.2, -0.15) is 0 Å². The van der Waals surface area contributed by atoms with Crippen LogP contribution >= 0.6 is 0 Å². The molecule has 0 bridgehead atoms. The van der Waals surface area contributed by atoms with Crippen LogP contribution < -0.4 is 5.32 Å². The molecule has 128 valence electrons. The first-order valence-corrected chi connectivity index (χ1v) is 8.61. The van der Waals surface area contributed by atoms with E-state index in [0.717, 1.165) is 43.6 Å². The van der Waals surface area contributed by atoms with Crippen molar-refractivity contribution in [2.75, 3.05) is 6.61 Å². The number of rotatable bonds is 5. The lowest BCUT2D eigenvalue weighted by atomic mass is 9.86. The summed E-state index contributed by atoms with van der Waals surface area (Å²) < 4.78 is 1.97. The highest BCUT2D eigenvalue weighted by Crippen LogP contribution is 2.24. The Labute approximate surface area is 141 Å². The van der Waals surface area contributed by atoms with Crippen LogP contribution in [0.3, 0.4) is 0 Å². The summed E-state index contributed by atoms with van der Waals surface area (Å²) in [6.07, 6.45) is 5.54. The maximum Gasteiger partial charge on any atom is 0.251 e. The van der Waals surface area contributed by atoms with Gasteiger partial charge in [-0.3, -0.25) is 4.79 Å². The van der Waals surface area contributed by atoms with E-state index in [9.17, 15) is 9.90 Å². The first-order valence-electron chi connectivity index (χ1n) is 8.61. The van der Waals surface area contributed by atoms with Crippen molar-refractivity contribution in [3.05, 3.63) is 36.2 Å². The lowest BCUT2D eigenvalue weighted by molar-refractivity contribution is 0.0914. The second-order valence-electron chi connectivity index (χ2n) is 6.39. The maximum absolute atomic E-state index is 12.4. The zero-order valence-corrected chi connectivity index (χ0v) is 14.0. The van der Waals surface area contributed by atoms with Crippen LogP contribution in [0.4, 0.5) is 0 Å². The van der Waals surface area contributed by atoms with E-state index in [2.05, 4.69) is 15.5 Å². The quantitative estimate of drug-likeness (QED) is 0.882. The second kappa shape index (κ2) is 7.57. The highest BCUT2D eigenvalue weighted by molar-refractivity contribution is 5.94. The van der Waals surface area contributed by atoms with Crippen molar-refractivity contribution >= 4 is 5.91 Å². The van der Waals surface area contributed by atoms with E-state index in [4.69, 9.17) is 0 Å². The molecule has 2 N–H and O–H groups in total. The molecular weight excluding hydrogens is 304 g/mol. The fourth-order valence-electron chi connectivity index (χ4n) is 3.24. The van der Waals surface area contributed by atoms with Crippen molar-refractivity contribution < 1.29 is 9.90 Å². The van der Waals surface area contributed by atoms with Gasteiger partial charge in [-0.1, -0.05) is 12.1 Å². The van der Waals surface area contributed by atoms with Crippen molar-refractivity contribution in [1.82, 2.24) is 20.1 Å². The predicted octanol–water partition coefficient (Wildman–Crippen LogP) is 2.25. The Bertz CT molecular complexity index is 673. The first kappa shape index (κ1) is 16.6. The number of benzene rings is 1. The van der Waals surface area contributed by atoms with Crippen LogP contribution in [0, 0.1) is 5.92 Å². The number of hydrogen-bond acceptors (Lipinski definition) is 4. The van der Waals surface area contributed by atoms with E-state index in [1.165, 1.54) is 0 Å². The molecule has 1 aromatic carbocycles. The normalized spacial score (nSPS) is 20.8. The van der Waals surface area contributed by atoms with E-state index < -0.39 is 0 Å². The molecule has 0 radical (unpaired) electrons. The van der Waals surface area contributed by atoms with Crippen LogP contribution in [-0.2, 0) is 6.54 Å². The standard InChI is InChI=1S/C18H24N4O2/c1-2-22-12-19-21-17(22)14-5-7-15(8-6-14)18(24)20-16-9-3-13(11-23)4-10-16/h5-8,12-13,16,23H,2-4,9-11H2,1H3,(H,20,24). The van der Waals surface area contributed by atoms with Gasteiger partial charge in [0.15, 0.2) is 5.82 Å². The van der Waals surface area contributed by atoms with Crippen LogP contribution in [0.1, 0.15) is 43.0 Å². The van der Waals surface area contributed by atoms with Crippen molar-refractivity contribution in [3.63, 3.8) is 0 Å². The summed E-state index contributed by atoms with van der Waals surface area (Å²) in [5.41, 5.74) is 1.61. The van der Waals surface area contributed by atoms with Gasteiger partial charge in [0.05, 0.1) is 0 Å². The Morgan fingerprint density at radius 3 is 2.58 bits per heavy atom. The highest BCUT2D eigenvalue weighted by atomic mass is 16.3. The van der Waals surface area contributed by atoms with Gasteiger partial charge in [-0.15, -0.1) is 10.2 Å². The van der Waals surface area contributed by atoms with E-state index in [1.54, 1.807) is 6.33 Å². The smallest absolute Gasteiger partial charge is 0.251 e. The molecule has 1 amide bonds. The molecule has 0 aliphatic heterocycles. The highest BCUT2D eigenvalue weighted by Gasteiger charge is 2.22. The molecule has 1 saturated carbocycles. The minimum Gasteiger partial charge on any atom is -0.396 e. The van der Waals surface area contributed by atoms with E-state index in [0.29, 0.717) is 11.5 Å². The summed E-state index contributed by atoms with van der Waals surface area (Å²) in [5, 5.41) is 20.3. The summed E-state index contributed by atoms with van der Waals surface area (Å²) in [7, 11) is 0. The number of aliphatic hydroxyl groups is 1. The van der Waals surface area contributed by atoms with Gasteiger partial charge in [0, 0.05) is 30.3 Å². The molecule has 1 aromatic heterocycles. The zero-order valence-electron chi connectivity index (χ0n) is 14.0. The Balaban J connectivity index is 1.62. The van der Waals surface area contributed by atoms with Crippen LogP contribution in [0.2, 0.25) is 0 Å². The Morgan fingerprint density at radius 2 is 1.96 bits per heavy atom. The molecular formula is C18H24N4O2. The van der Waals surface area contributed by atoms with E-state index in [1.807, 2.05) is 35.8 Å². The largest absolute Gasteiger partial charge is 0.396 e. The minimum absolute atomic E-state index is 0.0362. The van der Waals surface area contributed by atoms with Crippen molar-refractivity contribution in [3.8, 4) is 11.4 Å². The van der Waals surface area contributed by atoms with Crippen LogP contribution in [0.25, 0.3) is 11.4 Å². The SMILES string of the molecule is CCn1cnnc1-c1ccc(C(=O)NC2CCC(CO)CC2)cc1. The van der Waals surface area contributed by atoms with Gasteiger partial charge in [-0.05, 0) is 50.7 Å². The zero-order chi connectivity index (χ0) is 16.9. The topological polar surface area (TPSA) is 80.0 Å². The summed E-state index contributed by atoms with van der Waals surface area (Å²) in [4.78, 5) is 12.4. The van der Waals surface area contributed by atoms with Gasteiger partial charge in [0.1, 0.15) is 6.33 Å². The maximum atomic E-state index is 12.4. The number of amides is 1. The average Bonchev–Trinajstić information content (AvgIpc) is 3.11. The van der Waals surface area contributed by atoms with Crippen molar-refractivity contribution in [1.29, 1.82) is 0 Å². The number of nitrogens with zero attached hydrogens (tertiary/aromatic N) is 3. The molecule has 1 fully saturated rings. The molecule has 0 saturated heterocycles. The number of carbonyl (C=O) groups excluding carboxylic acids is 1.